The van der Waals surface area contributed by atoms with Crippen molar-refractivity contribution in [2.24, 2.45) is 0 Å². The van der Waals surface area contributed by atoms with E-state index < -0.39 is 23.4 Å². The molecule has 0 amide bonds. The summed E-state index contributed by atoms with van der Waals surface area (Å²) in [4.78, 5) is 8.64. The quantitative estimate of drug-likeness (QED) is 0.0495. The van der Waals surface area contributed by atoms with Crippen LogP contribution in [0, 0.1) is 90.2 Å². The molecule has 0 fully saturated rings. The van der Waals surface area contributed by atoms with Crippen LogP contribution in [0.2, 0.25) is 0 Å². The van der Waals surface area contributed by atoms with Gasteiger partial charge in [0.25, 0.3) is 0 Å². The summed E-state index contributed by atoms with van der Waals surface area (Å²) >= 11 is -0.262. The number of halogens is 19. The number of benzene rings is 8. The first-order chi connectivity index (χ1) is 38.5. The van der Waals surface area contributed by atoms with Gasteiger partial charge in [-0.15, -0.1) is 0 Å². The van der Waals surface area contributed by atoms with Crippen LogP contribution in [0.25, 0.3) is 0 Å². The Kier molecular flexibility index (Phi) is 20.0. The molecule has 0 unspecified atom stereocenters. The van der Waals surface area contributed by atoms with E-state index in [9.17, 15) is 75.5 Å². The van der Waals surface area contributed by atoms with Gasteiger partial charge in [-0.3, -0.25) is 0 Å². The van der Waals surface area contributed by atoms with Gasteiger partial charge in [0.2, 0.25) is 0 Å². The van der Waals surface area contributed by atoms with Crippen LogP contribution in [-0.2, 0) is 34.6 Å². The monoisotopic (exact) mass is 1430 g/mol. The molecule has 0 aliphatic rings. The molecular weight excluding hydrogens is 1370 g/mol. The molecule has 0 saturated carbocycles. The van der Waals surface area contributed by atoms with Gasteiger partial charge in [-0.25, -0.2) is 0 Å². The molecular formula is C62H64F18IP3S2. The summed E-state index contributed by atoms with van der Waals surface area (Å²) in [5.74, 6) is 0. The van der Waals surface area contributed by atoms with E-state index >= 15 is 0 Å². The molecule has 8 aromatic carbocycles. The zero-order valence-corrected chi connectivity index (χ0v) is 55.1. The molecule has 0 radical (unpaired) electrons. The van der Waals surface area contributed by atoms with E-state index in [4.69, 9.17) is 0 Å². The van der Waals surface area contributed by atoms with Crippen molar-refractivity contribution in [3.05, 3.63) is 242 Å². The summed E-state index contributed by atoms with van der Waals surface area (Å²) < 4.78 is 180. The summed E-state index contributed by atoms with van der Waals surface area (Å²) in [6.07, 6.45) is 1.87. The summed E-state index contributed by atoms with van der Waals surface area (Å²) in [7, 11) is -32.3. The Hall–Kier alpha value is -4.78. The van der Waals surface area contributed by atoms with Crippen LogP contribution in [0.15, 0.2) is 175 Å². The predicted molar refractivity (Wildman–Crippen MR) is 316 cm³/mol. The van der Waals surface area contributed by atoms with Crippen LogP contribution in [0.3, 0.4) is 0 Å². The first-order valence-electron chi connectivity index (χ1n) is 26.0. The Labute approximate surface area is 505 Å². The third-order valence-corrected chi connectivity index (χ3v) is 20.8. The Bertz CT molecular complexity index is 3250. The van der Waals surface area contributed by atoms with Gasteiger partial charge in [0.05, 0.1) is 0 Å². The number of aryl methyl sites for hydroxylation is 12. The van der Waals surface area contributed by atoms with Gasteiger partial charge in [-0.2, -0.15) is 0 Å². The van der Waals surface area contributed by atoms with E-state index in [-0.39, 0.29) is 43.0 Å². The Morgan fingerprint density at radius 2 is 0.407 bits per heavy atom. The first-order valence-corrected chi connectivity index (χ1v) is 36.7. The molecule has 472 valence electrons. The molecule has 0 heterocycles. The zero-order chi connectivity index (χ0) is 65.3. The second kappa shape index (κ2) is 23.9. The maximum absolute atomic E-state index is 10.7. The van der Waals surface area contributed by atoms with E-state index in [1.807, 2.05) is 0 Å². The SMILES string of the molecule is Cc1cc(C)c([S+](c2ccc(Cc3ccc([I+]c4ccc(Cc5ccc([S+](c6c(C)cc(C)cc6C)c6c(C)cc(C)cc6C)cc5)cc4)cc3)cc2)c2c(C)cc(C)cc2C)c(C)c1.F[P-](F)(F)(F)(F)F.F[P-](F)(F)(F)(F)F.F[P-](F)(F)(F)(F)F. The Morgan fingerprint density at radius 1 is 0.256 bits per heavy atom. The van der Waals surface area contributed by atoms with Crippen molar-refractivity contribution in [1.29, 1.82) is 0 Å². The van der Waals surface area contributed by atoms with E-state index in [0.717, 1.165) is 12.8 Å². The van der Waals surface area contributed by atoms with Crippen molar-refractivity contribution in [1.82, 2.24) is 0 Å². The summed E-state index contributed by atoms with van der Waals surface area (Å²) in [6, 6.07) is 56.7. The predicted octanol–water partition coefficient (Wildman–Crippen LogP) is 23.0. The third kappa shape index (κ3) is 26.5. The Balaban J connectivity index is 0.000000548. The molecule has 0 aliphatic heterocycles. The molecule has 8 aromatic rings. The van der Waals surface area contributed by atoms with Crippen LogP contribution in [-0.4, -0.2) is 0 Å². The maximum atomic E-state index is 9.87. The van der Waals surface area contributed by atoms with Crippen molar-refractivity contribution < 1.29 is 96.7 Å². The molecule has 0 saturated heterocycles. The summed E-state index contributed by atoms with van der Waals surface area (Å²) in [5.41, 5.74) is 21.8. The third-order valence-electron chi connectivity index (χ3n) is 12.4. The standard InChI is InChI=1S/C62H64IS2.3F6P/c1-39-29-43(5)59(44(6)30-39)64(60-45(7)31-40(2)32-46(60)8)57-25-17-53(18-26-57)37-51-13-21-55(22-14-51)63-56-23-15-52(16-24-56)38-54-19-27-58(28-20-54)65(61-47(9)33-41(3)34-48(61)10)62-49(11)35-42(4)36-50(62)12;3*1-7(2,3,4,5)6/h13-36H,37-38H2,1-12H3;;;/q+3;3*-1. The topological polar surface area (TPSA) is 0 Å². The second-order valence-electron chi connectivity index (χ2n) is 21.4. The number of rotatable bonds is 12. The summed E-state index contributed by atoms with van der Waals surface area (Å²) in [6.45, 7) is 27.2. The van der Waals surface area contributed by atoms with Gasteiger partial charge in [-0.1, -0.05) is 119 Å². The van der Waals surface area contributed by atoms with Crippen molar-refractivity contribution in [3.63, 3.8) is 0 Å². The van der Waals surface area contributed by atoms with Gasteiger partial charge in [0.15, 0.2) is 36.5 Å². The minimum atomic E-state index is -10.7. The average Bonchev–Trinajstić information content (AvgIpc) is 0.894. The van der Waals surface area contributed by atoms with E-state index in [1.54, 1.807) is 0 Å². The van der Waals surface area contributed by atoms with Crippen molar-refractivity contribution >= 4 is 45.2 Å². The van der Waals surface area contributed by atoms with Crippen molar-refractivity contribution in [2.75, 3.05) is 0 Å². The van der Waals surface area contributed by atoms with Gasteiger partial charge >= 0.3 is 120 Å². The van der Waals surface area contributed by atoms with Crippen LogP contribution in [0.1, 0.15) is 89.0 Å². The van der Waals surface area contributed by atoms with Crippen LogP contribution in [0.5, 0.6) is 0 Å². The summed E-state index contributed by atoms with van der Waals surface area (Å²) in [5, 5.41) is 0. The van der Waals surface area contributed by atoms with Gasteiger partial charge < -0.3 is 0 Å². The second-order valence-corrected chi connectivity index (χ2v) is 34.0. The molecule has 0 nitrogen and oxygen atoms in total. The molecule has 0 bridgehead atoms. The first kappa shape index (κ1) is 72.0. The van der Waals surface area contributed by atoms with Crippen molar-refractivity contribution in [3.8, 4) is 0 Å². The van der Waals surface area contributed by atoms with E-state index in [1.165, 1.54) is 126 Å². The molecule has 0 aliphatic carbocycles. The number of hydrogen-bond acceptors (Lipinski definition) is 0. The fourth-order valence-corrected chi connectivity index (χ4v) is 17.4. The van der Waals surface area contributed by atoms with Gasteiger partial charge in [0, 0.05) is 44.5 Å². The van der Waals surface area contributed by atoms with Crippen LogP contribution >= 0.6 is 23.4 Å². The van der Waals surface area contributed by atoms with Crippen molar-refractivity contribution in [2.45, 2.75) is 125 Å². The molecule has 8 rings (SSSR count). The zero-order valence-electron chi connectivity index (χ0n) is 48.6. The molecule has 0 atom stereocenters. The average molecular weight is 1440 g/mol. The van der Waals surface area contributed by atoms with Gasteiger partial charge in [0.1, 0.15) is 21.8 Å². The molecule has 0 N–H and O–H groups in total. The minimum absolute atomic E-state index is 0.182. The van der Waals surface area contributed by atoms with E-state index in [2.05, 4.69) is 229 Å². The molecule has 0 spiro atoms. The Morgan fingerprint density at radius 3 is 0.570 bits per heavy atom. The number of hydrogen-bond donors (Lipinski definition) is 0. The van der Waals surface area contributed by atoms with Crippen LogP contribution < -0.4 is 21.2 Å². The molecule has 0 aromatic heterocycles. The normalized spacial score (nSPS) is 14.4. The van der Waals surface area contributed by atoms with Crippen LogP contribution in [0.4, 0.5) is 75.5 Å². The molecule has 24 heteroatoms. The fraction of sp³-hybridized carbons (Fsp3) is 0.226. The van der Waals surface area contributed by atoms with Gasteiger partial charge in [-0.05, 0) is 167 Å². The van der Waals surface area contributed by atoms with E-state index in [0.29, 0.717) is 0 Å². The fourth-order valence-electron chi connectivity index (χ4n) is 10.0. The molecule has 86 heavy (non-hydrogen) atoms.